The van der Waals surface area contributed by atoms with Crippen LogP contribution in [0.15, 0.2) is 63.4 Å². The van der Waals surface area contributed by atoms with E-state index < -0.39 is 0 Å². The lowest BCUT2D eigenvalue weighted by Gasteiger charge is -2.72. The predicted octanol–water partition coefficient (Wildman–Crippen LogP) is 11.9. The predicted molar refractivity (Wildman–Crippen MR) is 200 cm³/mol. The van der Waals surface area contributed by atoms with E-state index in [1.165, 1.54) is 61.8 Å². The van der Waals surface area contributed by atoms with Crippen molar-refractivity contribution in [3.05, 3.63) is 58.4 Å². The summed E-state index contributed by atoms with van der Waals surface area (Å²) in [4.78, 5) is 17.6. The first kappa shape index (κ1) is 34.6. The molecule has 4 saturated carbocycles. The van der Waals surface area contributed by atoms with Crippen molar-refractivity contribution >= 4 is 23.3 Å². The lowest BCUT2D eigenvalue weighted by atomic mass is 9.33. The minimum Gasteiger partial charge on any atom is -0.462 e. The molecule has 0 saturated heterocycles. The molecule has 2 unspecified atom stereocenters. The van der Waals surface area contributed by atoms with E-state index in [0.29, 0.717) is 23.7 Å². The van der Waals surface area contributed by atoms with Gasteiger partial charge in [0.2, 0.25) is 0 Å². The zero-order chi connectivity index (χ0) is 34.4. The summed E-state index contributed by atoms with van der Waals surface area (Å²) in [5.74, 6) is 2.28. The molecular weight excluding hydrogens is 610 g/mol. The van der Waals surface area contributed by atoms with Gasteiger partial charge in [0.15, 0.2) is 0 Å². The largest absolute Gasteiger partial charge is 0.462 e. The summed E-state index contributed by atoms with van der Waals surface area (Å²) in [7, 11) is 0. The van der Waals surface area contributed by atoms with Crippen molar-refractivity contribution in [2.24, 2.45) is 55.7 Å². The highest BCUT2D eigenvalue weighted by Crippen LogP contribution is 2.77. The van der Waals surface area contributed by atoms with Crippen LogP contribution in [0.4, 0.5) is 0 Å². The van der Waals surface area contributed by atoms with Gasteiger partial charge in [0.1, 0.15) is 6.10 Å². The molecule has 0 radical (unpaired) electrons. The standard InChI is InChI=1S/C44H62ClNO2/c1-10-29-25-44(36-18-13-31(26-46-36)30-11-14-32(45)15-12-30)24-23-42(8)33(39(44)38(29)27(2)3)16-17-35-41(7)21-20-37(48-28(4)47)40(5,6)34(41)19-22-43(35,42)9/h10-12,14,26-27,32-35,37H,13,15-25H2,1-9H3/t32?,33-,34+,35-,37+,41?,42-,43-,44+/m1/s1. The van der Waals surface area contributed by atoms with E-state index in [2.05, 4.69) is 85.9 Å². The Balaban J connectivity index is 1.27. The van der Waals surface area contributed by atoms with E-state index in [9.17, 15) is 4.79 Å². The van der Waals surface area contributed by atoms with Crippen molar-refractivity contribution < 1.29 is 9.53 Å². The number of rotatable bonds is 4. The maximum Gasteiger partial charge on any atom is 0.302 e. The second kappa shape index (κ2) is 11.8. The molecule has 7 aliphatic rings. The Hall–Kier alpha value is -1.87. The first-order chi connectivity index (χ1) is 22.6. The van der Waals surface area contributed by atoms with Crippen LogP contribution in [0.5, 0.6) is 0 Å². The number of aliphatic imine (C=N–C) groups is 1. The molecule has 0 aromatic heterocycles. The van der Waals surface area contributed by atoms with Crippen LogP contribution in [-0.2, 0) is 9.53 Å². The van der Waals surface area contributed by atoms with Gasteiger partial charge in [0.05, 0.1) is 5.38 Å². The maximum absolute atomic E-state index is 12.1. The SMILES string of the molecule is CC=C1C[C@]2(C3=NC=C(C4=CCC(Cl)C=C4)CC3)CC[C@]3(C)[C@H](CC[C@@H]4C5(C)CC[C@H](OC(C)=O)C(C)(C)[C@@H]5CC[C@]43C)C2=C1C(C)C. The molecule has 0 spiro atoms. The Morgan fingerprint density at radius 2 is 1.75 bits per heavy atom. The van der Waals surface area contributed by atoms with Crippen LogP contribution in [0, 0.1) is 50.7 Å². The van der Waals surface area contributed by atoms with Crippen LogP contribution < -0.4 is 0 Å². The van der Waals surface area contributed by atoms with E-state index in [0.717, 1.165) is 32.1 Å². The van der Waals surface area contributed by atoms with Crippen molar-refractivity contribution in [3.8, 4) is 0 Å². The Bertz CT molecular complexity index is 1550. The summed E-state index contributed by atoms with van der Waals surface area (Å²) in [5, 5.41) is 0.115. The molecule has 1 aliphatic heterocycles. The molecule has 4 heteroatoms. The van der Waals surface area contributed by atoms with Gasteiger partial charge in [0, 0.05) is 29.7 Å². The van der Waals surface area contributed by atoms with Gasteiger partial charge in [-0.25, -0.2) is 0 Å². The summed E-state index contributed by atoms with van der Waals surface area (Å²) in [6.07, 6.45) is 25.4. The fraction of sp³-hybridized carbons (Fsp3) is 0.727. The van der Waals surface area contributed by atoms with Gasteiger partial charge in [-0.2, -0.15) is 0 Å². The molecule has 4 fully saturated rings. The van der Waals surface area contributed by atoms with E-state index >= 15 is 0 Å². The van der Waals surface area contributed by atoms with Crippen molar-refractivity contribution in [3.63, 3.8) is 0 Å². The molecule has 0 aromatic carbocycles. The fourth-order valence-corrected chi connectivity index (χ4v) is 13.9. The molecule has 0 amide bonds. The highest BCUT2D eigenvalue weighted by molar-refractivity contribution is 6.22. The summed E-state index contributed by atoms with van der Waals surface area (Å²) in [6, 6.07) is 0. The third-order valence-corrected chi connectivity index (χ3v) is 16.4. The van der Waals surface area contributed by atoms with Crippen LogP contribution >= 0.6 is 11.6 Å². The van der Waals surface area contributed by atoms with Gasteiger partial charge < -0.3 is 4.74 Å². The highest BCUT2D eigenvalue weighted by Gasteiger charge is 2.70. The summed E-state index contributed by atoms with van der Waals surface area (Å²) in [6.45, 7) is 21.7. The molecule has 3 nitrogen and oxygen atoms in total. The molecule has 7 rings (SSSR count). The first-order valence-corrected chi connectivity index (χ1v) is 19.9. The van der Waals surface area contributed by atoms with E-state index in [-0.39, 0.29) is 44.5 Å². The topological polar surface area (TPSA) is 38.7 Å². The fourth-order valence-electron chi connectivity index (χ4n) is 13.7. The molecular formula is C44H62ClNO2. The molecule has 0 bridgehead atoms. The average Bonchev–Trinajstić information content (AvgIpc) is 3.39. The Labute approximate surface area is 296 Å². The molecule has 9 atom stereocenters. The van der Waals surface area contributed by atoms with Crippen molar-refractivity contribution in [2.75, 3.05) is 0 Å². The quantitative estimate of drug-likeness (QED) is 0.220. The molecule has 1 heterocycles. The van der Waals surface area contributed by atoms with Crippen LogP contribution in [0.25, 0.3) is 0 Å². The van der Waals surface area contributed by atoms with Gasteiger partial charge in [-0.05, 0) is 146 Å². The van der Waals surface area contributed by atoms with Gasteiger partial charge in [-0.15, -0.1) is 11.6 Å². The number of halogens is 1. The smallest absolute Gasteiger partial charge is 0.302 e. The number of hydrogen-bond acceptors (Lipinski definition) is 3. The molecule has 0 aromatic rings. The number of ether oxygens (including phenoxy) is 1. The Kier molecular flexibility index (Phi) is 8.53. The Morgan fingerprint density at radius 1 is 0.979 bits per heavy atom. The maximum atomic E-state index is 12.1. The monoisotopic (exact) mass is 671 g/mol. The number of allylic oxidation sites excluding steroid dienone is 9. The number of carbonyl (C=O) groups excluding carboxylic acids is 1. The van der Waals surface area contributed by atoms with Crippen molar-refractivity contribution in [1.82, 2.24) is 0 Å². The number of fused-ring (bicyclic) bond motifs is 7. The minimum absolute atomic E-state index is 0.000271. The van der Waals surface area contributed by atoms with Crippen LogP contribution in [0.1, 0.15) is 139 Å². The zero-order valence-electron chi connectivity index (χ0n) is 31.5. The zero-order valence-corrected chi connectivity index (χ0v) is 32.2. The summed E-state index contributed by atoms with van der Waals surface area (Å²) >= 11 is 6.36. The molecule has 48 heavy (non-hydrogen) atoms. The van der Waals surface area contributed by atoms with Crippen LogP contribution in [-0.4, -0.2) is 23.2 Å². The van der Waals surface area contributed by atoms with E-state index in [1.807, 2.05) is 5.57 Å². The Morgan fingerprint density at radius 3 is 2.38 bits per heavy atom. The van der Waals surface area contributed by atoms with Crippen LogP contribution in [0.3, 0.4) is 0 Å². The number of alkyl halides is 1. The average molecular weight is 672 g/mol. The van der Waals surface area contributed by atoms with E-state index in [1.54, 1.807) is 18.1 Å². The normalized spacial score (nSPS) is 44.3. The minimum atomic E-state index is -0.121. The number of hydrogen-bond donors (Lipinski definition) is 0. The first-order valence-electron chi connectivity index (χ1n) is 19.5. The van der Waals surface area contributed by atoms with E-state index in [4.69, 9.17) is 21.3 Å². The third-order valence-electron chi connectivity index (χ3n) is 16.1. The van der Waals surface area contributed by atoms with Gasteiger partial charge in [0.25, 0.3) is 0 Å². The van der Waals surface area contributed by atoms with Gasteiger partial charge in [-0.1, -0.05) is 78.3 Å². The van der Waals surface area contributed by atoms with Crippen LogP contribution in [0.2, 0.25) is 0 Å². The number of nitrogens with zero attached hydrogens (tertiary/aromatic N) is 1. The summed E-state index contributed by atoms with van der Waals surface area (Å²) in [5.41, 5.74) is 10.1. The highest BCUT2D eigenvalue weighted by atomic mass is 35.5. The lowest BCUT2D eigenvalue weighted by Crippen LogP contribution is -2.66. The van der Waals surface area contributed by atoms with Crippen molar-refractivity contribution in [1.29, 1.82) is 0 Å². The third kappa shape index (κ3) is 4.85. The molecule has 6 aliphatic carbocycles. The molecule has 262 valence electrons. The number of carbonyl (C=O) groups is 1. The molecule has 0 N–H and O–H groups in total. The second-order valence-corrected chi connectivity index (χ2v) is 19.2. The second-order valence-electron chi connectivity index (χ2n) is 18.6. The van der Waals surface area contributed by atoms with Gasteiger partial charge in [-0.3, -0.25) is 9.79 Å². The van der Waals surface area contributed by atoms with Gasteiger partial charge >= 0.3 is 5.97 Å². The number of esters is 1. The van der Waals surface area contributed by atoms with Crippen molar-refractivity contribution in [2.45, 2.75) is 151 Å². The summed E-state index contributed by atoms with van der Waals surface area (Å²) < 4.78 is 6.01. The lowest BCUT2D eigenvalue weighted by molar-refractivity contribution is -0.231.